The van der Waals surface area contributed by atoms with Gasteiger partial charge in [-0.15, -0.1) is 0 Å². The third-order valence-electron chi connectivity index (χ3n) is 4.06. The number of nitrogens with two attached hydrogens (primary N) is 1. The molecule has 2 heterocycles. The van der Waals surface area contributed by atoms with Crippen LogP contribution in [0, 0.1) is 12.3 Å². The lowest BCUT2D eigenvalue weighted by molar-refractivity contribution is 0.0795. The molecule has 1 saturated heterocycles. The Morgan fingerprint density at radius 3 is 2.93 bits per heavy atom. The highest BCUT2D eigenvalue weighted by atomic mass is 32.2. The van der Waals surface area contributed by atoms with E-state index in [1.54, 1.807) is 11.8 Å². The minimum Gasteiger partial charge on any atom is -0.450 e. The highest BCUT2D eigenvalue weighted by Crippen LogP contribution is 2.29. The fraction of sp³-hybridized carbons (Fsp3) is 0.333. The smallest absolute Gasteiger partial charge is 0.409 e. The van der Waals surface area contributed by atoms with Crippen LogP contribution >= 0.6 is 11.8 Å². The summed E-state index contributed by atoms with van der Waals surface area (Å²) in [6, 6.07) is 7.94. The van der Waals surface area contributed by atoms with Crippen LogP contribution in [0.1, 0.15) is 18.1 Å². The second kappa shape index (κ2) is 8.26. The van der Waals surface area contributed by atoms with Gasteiger partial charge < -0.3 is 20.7 Å². The first-order valence-electron chi connectivity index (χ1n) is 8.60. The average Bonchev–Trinajstić information content (AvgIpc) is 2.57. The van der Waals surface area contributed by atoms with Crippen molar-refractivity contribution >= 4 is 34.5 Å². The number of nitrogens with one attached hydrogen (secondary N) is 2. The molecule has 0 radical (unpaired) electrons. The number of amides is 1. The van der Waals surface area contributed by atoms with Gasteiger partial charge in [0.1, 0.15) is 23.0 Å². The maximum absolute atomic E-state index is 11.7. The van der Waals surface area contributed by atoms with Crippen molar-refractivity contribution in [1.29, 1.82) is 5.41 Å². The van der Waals surface area contributed by atoms with Crippen LogP contribution in [-0.4, -0.2) is 51.7 Å². The van der Waals surface area contributed by atoms with Crippen molar-refractivity contribution in [3.8, 4) is 0 Å². The normalized spacial score (nSPS) is 13.8. The third-order valence-corrected chi connectivity index (χ3v) is 4.96. The zero-order valence-electron chi connectivity index (χ0n) is 15.2. The largest absolute Gasteiger partial charge is 0.450 e. The second-order valence-electron chi connectivity index (χ2n) is 6.18. The summed E-state index contributed by atoms with van der Waals surface area (Å²) in [4.78, 5) is 22.5. The summed E-state index contributed by atoms with van der Waals surface area (Å²) >= 11 is 1.30. The van der Waals surface area contributed by atoms with E-state index in [1.807, 2.05) is 31.2 Å². The summed E-state index contributed by atoms with van der Waals surface area (Å²) in [5, 5.41) is 12.0. The van der Waals surface area contributed by atoms with E-state index in [2.05, 4.69) is 15.3 Å². The number of rotatable bonds is 5. The van der Waals surface area contributed by atoms with E-state index < -0.39 is 0 Å². The van der Waals surface area contributed by atoms with Gasteiger partial charge in [0.05, 0.1) is 18.2 Å². The van der Waals surface area contributed by atoms with E-state index in [-0.39, 0.29) is 23.0 Å². The molecule has 1 aliphatic heterocycles. The third kappa shape index (κ3) is 4.48. The molecular formula is C18H22N6O2S. The fourth-order valence-corrected chi connectivity index (χ4v) is 3.64. The van der Waals surface area contributed by atoms with Crippen LogP contribution in [0.25, 0.3) is 0 Å². The Kier molecular flexibility index (Phi) is 5.80. The lowest BCUT2D eigenvalue weighted by Gasteiger charge is -2.39. The molecule has 1 amide bonds. The number of hydrogen-bond acceptors (Lipinski definition) is 8. The molecule has 1 aliphatic rings. The van der Waals surface area contributed by atoms with E-state index >= 15 is 0 Å². The lowest BCUT2D eigenvalue weighted by Crippen LogP contribution is -2.57. The van der Waals surface area contributed by atoms with Crippen molar-refractivity contribution in [2.24, 2.45) is 0 Å². The molecule has 0 saturated carbocycles. The van der Waals surface area contributed by atoms with Crippen LogP contribution in [-0.2, 0) is 4.74 Å². The van der Waals surface area contributed by atoms with Crippen molar-refractivity contribution < 1.29 is 9.53 Å². The molecular weight excluding hydrogens is 364 g/mol. The van der Waals surface area contributed by atoms with Gasteiger partial charge in [0.25, 0.3) is 0 Å². The van der Waals surface area contributed by atoms with Crippen LogP contribution in [0.2, 0.25) is 0 Å². The zero-order chi connectivity index (χ0) is 19.4. The number of nitrogen functional groups attached to an aromatic ring is 1. The minimum atomic E-state index is -0.319. The van der Waals surface area contributed by atoms with E-state index in [1.165, 1.54) is 18.1 Å². The van der Waals surface area contributed by atoms with Gasteiger partial charge in [-0.2, -0.15) is 0 Å². The van der Waals surface area contributed by atoms with Gasteiger partial charge in [-0.3, -0.25) is 5.41 Å². The number of benzene rings is 1. The number of thioether (sulfide) groups is 1. The Bertz CT molecular complexity index is 853. The van der Waals surface area contributed by atoms with E-state index in [0.29, 0.717) is 31.1 Å². The predicted molar refractivity (Wildman–Crippen MR) is 106 cm³/mol. The molecule has 0 unspecified atom stereocenters. The Morgan fingerprint density at radius 1 is 1.44 bits per heavy atom. The summed E-state index contributed by atoms with van der Waals surface area (Å²) in [5.74, 6) is 0.750. The molecule has 1 aromatic heterocycles. The number of nitrogens with zero attached hydrogens (tertiary/aromatic N) is 3. The van der Waals surface area contributed by atoms with Gasteiger partial charge in [0, 0.05) is 18.0 Å². The number of ether oxygens (including phenoxy) is 1. The highest BCUT2D eigenvalue weighted by Gasteiger charge is 2.32. The van der Waals surface area contributed by atoms with Crippen LogP contribution in [0.3, 0.4) is 0 Å². The van der Waals surface area contributed by atoms with Crippen molar-refractivity contribution in [3.63, 3.8) is 0 Å². The summed E-state index contributed by atoms with van der Waals surface area (Å²) in [6.45, 7) is 5.17. The minimum absolute atomic E-state index is 0.0271. The first-order valence-corrected chi connectivity index (χ1v) is 9.41. The van der Waals surface area contributed by atoms with Crippen molar-refractivity contribution in [3.05, 3.63) is 41.7 Å². The van der Waals surface area contributed by atoms with Crippen molar-refractivity contribution in [2.75, 3.05) is 30.7 Å². The van der Waals surface area contributed by atoms with Gasteiger partial charge in [0.2, 0.25) is 0 Å². The molecule has 1 aromatic carbocycles. The van der Waals surface area contributed by atoms with E-state index in [4.69, 9.17) is 15.9 Å². The first-order chi connectivity index (χ1) is 13.0. The average molecular weight is 386 g/mol. The number of hydrogen-bond donors (Lipinski definition) is 3. The Balaban J connectivity index is 1.70. The summed E-state index contributed by atoms with van der Waals surface area (Å²) in [7, 11) is 0. The molecule has 3 rings (SSSR count). The van der Waals surface area contributed by atoms with Crippen molar-refractivity contribution in [2.45, 2.75) is 24.8 Å². The Morgan fingerprint density at radius 2 is 2.22 bits per heavy atom. The quantitative estimate of drug-likeness (QED) is 0.411. The number of anilines is 2. The summed E-state index contributed by atoms with van der Waals surface area (Å²) in [6.07, 6.45) is 1.05. The molecule has 8 nitrogen and oxygen atoms in total. The van der Waals surface area contributed by atoms with E-state index in [9.17, 15) is 4.79 Å². The Hall–Kier alpha value is -2.81. The molecule has 9 heteroatoms. The zero-order valence-corrected chi connectivity index (χ0v) is 16.0. The van der Waals surface area contributed by atoms with Gasteiger partial charge in [-0.25, -0.2) is 14.8 Å². The molecule has 0 bridgehead atoms. The maximum atomic E-state index is 11.7. The SMILES string of the molecule is CCOC(=O)N1CC(Nc2ncnc(N)c2C(=N)Sc2cccc(C)c2)C1. The standard InChI is InChI=1S/C18H22N6O2S/c1-3-26-18(25)24-8-12(9-24)23-17-14(15(19)21-10-22-17)16(20)27-13-6-4-5-11(2)7-13/h4-7,10,12,20H,3,8-9H2,1-2H3,(H3,19,21,22,23). The van der Waals surface area contributed by atoms with Gasteiger partial charge in [-0.1, -0.05) is 29.5 Å². The van der Waals surface area contributed by atoms with Gasteiger partial charge in [0.15, 0.2) is 0 Å². The number of aryl methyl sites for hydroxylation is 1. The number of carbonyl (C=O) groups excluding carboxylic acids is 1. The summed E-state index contributed by atoms with van der Waals surface area (Å²) < 4.78 is 4.98. The van der Waals surface area contributed by atoms with Crippen LogP contribution in [0.4, 0.5) is 16.4 Å². The molecule has 0 spiro atoms. The first kappa shape index (κ1) is 19.0. The maximum Gasteiger partial charge on any atom is 0.409 e. The molecule has 1 fully saturated rings. The topological polar surface area (TPSA) is 117 Å². The molecule has 0 atom stereocenters. The predicted octanol–water partition coefficient (Wildman–Crippen LogP) is 2.74. The lowest BCUT2D eigenvalue weighted by atomic mass is 10.1. The van der Waals surface area contributed by atoms with Crippen LogP contribution < -0.4 is 11.1 Å². The van der Waals surface area contributed by atoms with Gasteiger partial charge in [-0.05, 0) is 26.0 Å². The molecule has 142 valence electrons. The number of likely N-dealkylation sites (tertiary alicyclic amines) is 1. The summed E-state index contributed by atoms with van der Waals surface area (Å²) in [5.41, 5.74) is 7.62. The second-order valence-corrected chi connectivity index (χ2v) is 7.26. The van der Waals surface area contributed by atoms with Crippen molar-refractivity contribution in [1.82, 2.24) is 14.9 Å². The van der Waals surface area contributed by atoms with E-state index in [0.717, 1.165) is 10.5 Å². The number of aromatic nitrogens is 2. The van der Waals surface area contributed by atoms with Gasteiger partial charge >= 0.3 is 6.09 Å². The molecule has 27 heavy (non-hydrogen) atoms. The fourth-order valence-electron chi connectivity index (χ4n) is 2.71. The monoisotopic (exact) mass is 386 g/mol. The van der Waals surface area contributed by atoms with Crippen LogP contribution in [0.5, 0.6) is 0 Å². The van der Waals surface area contributed by atoms with Crippen LogP contribution in [0.15, 0.2) is 35.5 Å². The molecule has 4 N–H and O–H groups in total. The number of carbonyl (C=O) groups is 1. The highest BCUT2D eigenvalue weighted by molar-refractivity contribution is 8.14. The molecule has 0 aliphatic carbocycles. The molecule has 2 aromatic rings. The Labute approximate surface area is 162 Å².